The van der Waals surface area contributed by atoms with E-state index >= 15 is 0 Å². The Bertz CT molecular complexity index is 982. The molecule has 122 valence electrons. The number of fused-ring (bicyclic) bond motifs is 1. The molecule has 6 heteroatoms. The van der Waals surface area contributed by atoms with E-state index in [1.165, 1.54) is 9.47 Å². The molecule has 1 aromatic carbocycles. The Hall–Kier alpha value is -2.89. The average molecular weight is 325 g/mol. The predicted molar refractivity (Wildman–Crippen MR) is 89.8 cm³/mol. The Morgan fingerprint density at radius 2 is 1.92 bits per heavy atom. The smallest absolute Gasteiger partial charge is 0.274 e. The lowest BCUT2D eigenvalue weighted by molar-refractivity contribution is 0.0400. The van der Waals surface area contributed by atoms with Gasteiger partial charge in [0.1, 0.15) is 11.7 Å². The number of pyridine rings is 1. The summed E-state index contributed by atoms with van der Waals surface area (Å²) >= 11 is 0. The van der Waals surface area contributed by atoms with Crippen LogP contribution in [-0.4, -0.2) is 39.6 Å². The molecule has 0 spiro atoms. The fraction of sp³-hybridized carbons (Fsp3) is 0.222. The van der Waals surface area contributed by atoms with Gasteiger partial charge >= 0.3 is 0 Å². The van der Waals surface area contributed by atoms with Crippen LogP contribution in [0, 0.1) is 0 Å². The van der Waals surface area contributed by atoms with Gasteiger partial charge in [-0.15, -0.1) is 0 Å². The van der Waals surface area contributed by atoms with E-state index in [0.29, 0.717) is 11.1 Å². The fourth-order valence-corrected chi connectivity index (χ4v) is 3.06. The highest BCUT2D eigenvalue weighted by molar-refractivity contribution is 5.97. The molecule has 0 radical (unpaired) electrons. The first-order valence-corrected chi connectivity index (χ1v) is 7.75. The summed E-state index contributed by atoms with van der Waals surface area (Å²) in [5.74, 6) is -0.150. The van der Waals surface area contributed by atoms with Crippen LogP contribution < -0.4 is 5.56 Å². The van der Waals surface area contributed by atoms with Crippen molar-refractivity contribution in [2.24, 2.45) is 7.05 Å². The number of rotatable bonds is 2. The summed E-state index contributed by atoms with van der Waals surface area (Å²) in [4.78, 5) is 28.8. The van der Waals surface area contributed by atoms with E-state index in [1.807, 2.05) is 18.2 Å². The maximum Gasteiger partial charge on any atom is 0.274 e. The second-order valence-electron chi connectivity index (χ2n) is 6.11. The van der Waals surface area contributed by atoms with Gasteiger partial charge in [0.25, 0.3) is 11.5 Å². The van der Waals surface area contributed by atoms with Crippen molar-refractivity contribution in [2.75, 3.05) is 13.1 Å². The minimum Gasteiger partial charge on any atom is -0.357 e. The zero-order valence-corrected chi connectivity index (χ0v) is 13.1. The lowest BCUT2D eigenvalue weighted by atomic mass is 10.0. The molecule has 0 aliphatic carbocycles. The molecule has 2 aromatic heterocycles. The summed E-state index contributed by atoms with van der Waals surface area (Å²) in [6.45, 7) is 0.344. The fourth-order valence-electron chi connectivity index (χ4n) is 3.06. The number of aryl methyl sites for hydroxylation is 1. The largest absolute Gasteiger partial charge is 0.357 e. The van der Waals surface area contributed by atoms with Gasteiger partial charge in [-0.3, -0.25) is 9.59 Å². The third kappa shape index (κ3) is 2.22. The summed E-state index contributed by atoms with van der Waals surface area (Å²) in [7, 11) is 1.71. The molecule has 1 saturated heterocycles. The van der Waals surface area contributed by atoms with E-state index in [0.717, 1.165) is 16.5 Å². The highest BCUT2D eigenvalue weighted by Crippen LogP contribution is 2.27. The van der Waals surface area contributed by atoms with Crippen LogP contribution in [0.25, 0.3) is 22.0 Å². The molecule has 3 aromatic rings. The first kappa shape index (κ1) is 14.7. The predicted octanol–water partition coefficient (Wildman–Crippen LogP) is 2.33. The Kier molecular flexibility index (Phi) is 3.26. The van der Waals surface area contributed by atoms with Gasteiger partial charge in [0.15, 0.2) is 0 Å². The first-order chi connectivity index (χ1) is 11.5. The zero-order chi connectivity index (χ0) is 16.8. The molecule has 1 fully saturated rings. The molecule has 0 saturated carbocycles. The Morgan fingerprint density at radius 3 is 2.58 bits per heavy atom. The van der Waals surface area contributed by atoms with E-state index in [4.69, 9.17) is 0 Å². The van der Waals surface area contributed by atoms with Crippen molar-refractivity contribution >= 4 is 16.8 Å². The molecule has 1 amide bonds. The highest BCUT2D eigenvalue weighted by Gasteiger charge is 2.30. The van der Waals surface area contributed by atoms with Crippen molar-refractivity contribution in [1.29, 1.82) is 0 Å². The first-order valence-electron chi connectivity index (χ1n) is 7.75. The maximum absolute atomic E-state index is 12.9. The lowest BCUT2D eigenvalue weighted by Gasteiger charge is -2.34. The van der Waals surface area contributed by atoms with Gasteiger partial charge < -0.3 is 14.5 Å². The van der Waals surface area contributed by atoms with Crippen LogP contribution in [0.15, 0.2) is 47.5 Å². The molecule has 1 aliphatic rings. The lowest BCUT2D eigenvalue weighted by Crippen LogP contribution is -2.51. The number of alkyl halides is 1. The Balaban J connectivity index is 1.71. The molecule has 0 bridgehead atoms. The van der Waals surface area contributed by atoms with E-state index in [-0.39, 0.29) is 24.6 Å². The quantitative estimate of drug-likeness (QED) is 0.786. The molecule has 3 heterocycles. The van der Waals surface area contributed by atoms with Crippen LogP contribution in [0.5, 0.6) is 0 Å². The van der Waals surface area contributed by atoms with E-state index in [9.17, 15) is 14.0 Å². The SMILES string of the molecule is Cn1cc(-c2ccc(C(=O)N3CC(F)C3)cc2)c2cc[nH]c2c1=O. The van der Waals surface area contributed by atoms with Crippen molar-refractivity contribution in [2.45, 2.75) is 6.17 Å². The minimum absolute atomic E-state index is 0.0795. The van der Waals surface area contributed by atoms with Crippen molar-refractivity contribution in [3.63, 3.8) is 0 Å². The molecule has 1 N–H and O–H groups in total. The van der Waals surface area contributed by atoms with Gasteiger partial charge in [0, 0.05) is 36.0 Å². The van der Waals surface area contributed by atoms with Crippen molar-refractivity contribution < 1.29 is 9.18 Å². The summed E-state index contributed by atoms with van der Waals surface area (Å²) < 4.78 is 14.4. The van der Waals surface area contributed by atoms with Gasteiger partial charge in [-0.25, -0.2) is 4.39 Å². The topological polar surface area (TPSA) is 58.1 Å². The number of carbonyl (C=O) groups is 1. The number of carbonyl (C=O) groups excluding carboxylic acids is 1. The van der Waals surface area contributed by atoms with Crippen molar-refractivity contribution in [1.82, 2.24) is 14.5 Å². The van der Waals surface area contributed by atoms with Crippen LogP contribution >= 0.6 is 0 Å². The van der Waals surface area contributed by atoms with Crippen LogP contribution in [0.3, 0.4) is 0 Å². The number of nitrogens with zero attached hydrogens (tertiary/aromatic N) is 2. The molecular weight excluding hydrogens is 309 g/mol. The van der Waals surface area contributed by atoms with E-state index < -0.39 is 6.17 Å². The third-order valence-electron chi connectivity index (χ3n) is 4.46. The van der Waals surface area contributed by atoms with Gasteiger partial charge in [-0.05, 0) is 23.8 Å². The minimum atomic E-state index is -0.902. The van der Waals surface area contributed by atoms with Crippen molar-refractivity contribution in [3.8, 4) is 11.1 Å². The summed E-state index contributed by atoms with van der Waals surface area (Å²) in [6.07, 6.45) is 2.63. The summed E-state index contributed by atoms with van der Waals surface area (Å²) in [5.41, 5.74) is 2.86. The van der Waals surface area contributed by atoms with Crippen LogP contribution in [0.1, 0.15) is 10.4 Å². The number of hydrogen-bond acceptors (Lipinski definition) is 2. The second-order valence-corrected chi connectivity index (χ2v) is 6.11. The molecular formula is C18H16FN3O2. The van der Waals surface area contributed by atoms with E-state index in [1.54, 1.807) is 31.6 Å². The van der Waals surface area contributed by atoms with Crippen LogP contribution in [-0.2, 0) is 7.05 Å². The highest BCUT2D eigenvalue weighted by atomic mass is 19.1. The van der Waals surface area contributed by atoms with Gasteiger partial charge in [0.05, 0.1) is 13.1 Å². The molecule has 0 atom stereocenters. The number of hydrogen-bond donors (Lipinski definition) is 1. The van der Waals surface area contributed by atoms with Crippen LogP contribution in [0.4, 0.5) is 4.39 Å². The third-order valence-corrected chi connectivity index (χ3v) is 4.46. The Morgan fingerprint density at radius 1 is 1.21 bits per heavy atom. The maximum atomic E-state index is 12.9. The number of amides is 1. The summed E-state index contributed by atoms with van der Waals surface area (Å²) in [5, 5.41) is 0.847. The standard InChI is InChI=1S/C18H16FN3O2/c1-21-10-15(14-6-7-20-16(14)18(21)24)11-2-4-12(5-3-11)17(23)22-8-13(19)9-22/h2-7,10,13,20H,8-9H2,1H3. The van der Waals surface area contributed by atoms with E-state index in [2.05, 4.69) is 4.98 Å². The number of aromatic nitrogens is 2. The molecule has 5 nitrogen and oxygen atoms in total. The van der Waals surface area contributed by atoms with Gasteiger partial charge in [-0.1, -0.05) is 12.1 Å². The van der Waals surface area contributed by atoms with Gasteiger partial charge in [0.2, 0.25) is 0 Å². The molecule has 24 heavy (non-hydrogen) atoms. The second kappa shape index (κ2) is 5.33. The number of halogens is 1. The number of aromatic amines is 1. The average Bonchev–Trinajstić information content (AvgIpc) is 3.05. The zero-order valence-electron chi connectivity index (χ0n) is 13.1. The summed E-state index contributed by atoms with van der Waals surface area (Å²) in [6, 6.07) is 9.06. The number of nitrogens with one attached hydrogen (secondary N) is 1. The molecule has 0 unspecified atom stereocenters. The Labute approximate surface area is 137 Å². The molecule has 1 aliphatic heterocycles. The van der Waals surface area contributed by atoms with Gasteiger partial charge in [-0.2, -0.15) is 0 Å². The van der Waals surface area contributed by atoms with Crippen LogP contribution in [0.2, 0.25) is 0 Å². The number of benzene rings is 1. The molecule has 4 rings (SSSR count). The normalized spacial score (nSPS) is 14.8. The monoisotopic (exact) mass is 325 g/mol. The number of likely N-dealkylation sites (tertiary alicyclic amines) is 1. The van der Waals surface area contributed by atoms with Crippen molar-refractivity contribution in [3.05, 3.63) is 58.6 Å². The number of H-pyrrole nitrogens is 1.